The van der Waals surface area contributed by atoms with E-state index in [-0.39, 0.29) is 11.8 Å². The van der Waals surface area contributed by atoms with E-state index < -0.39 is 0 Å². The molecule has 0 radical (unpaired) electrons. The Bertz CT molecular complexity index is 1290. The van der Waals surface area contributed by atoms with Crippen LogP contribution in [0.3, 0.4) is 0 Å². The SMILES string of the molecule is CCN1CCN(C(=O)c2ccccc2Cn2c(C)c(C)sc2=NC(=O)c2cccc(OC)c2)CC1. The van der Waals surface area contributed by atoms with Crippen molar-refractivity contribution in [2.45, 2.75) is 27.3 Å². The number of carbonyl (C=O) groups is 2. The second kappa shape index (κ2) is 11.0. The van der Waals surface area contributed by atoms with Gasteiger partial charge >= 0.3 is 0 Å². The van der Waals surface area contributed by atoms with Crippen LogP contribution in [0.15, 0.2) is 53.5 Å². The molecule has 4 rings (SSSR count). The van der Waals surface area contributed by atoms with E-state index in [9.17, 15) is 9.59 Å². The summed E-state index contributed by atoms with van der Waals surface area (Å²) < 4.78 is 7.27. The molecule has 1 aliphatic heterocycles. The number of aryl methyl sites for hydroxylation is 1. The molecule has 0 unspecified atom stereocenters. The quantitative estimate of drug-likeness (QED) is 0.526. The van der Waals surface area contributed by atoms with Gasteiger partial charge in [-0.15, -0.1) is 11.3 Å². The zero-order valence-corrected chi connectivity index (χ0v) is 21.6. The molecule has 35 heavy (non-hydrogen) atoms. The Kier molecular flexibility index (Phi) is 7.83. The molecule has 0 N–H and O–H groups in total. The standard InChI is InChI=1S/C27H32N4O3S/c1-5-29-13-15-30(16-14-29)26(33)24-12-7-6-9-22(24)18-31-19(2)20(3)35-27(31)28-25(32)21-10-8-11-23(17-21)34-4/h6-12,17H,5,13-16,18H2,1-4H3. The number of nitrogens with zero attached hydrogens (tertiary/aromatic N) is 4. The molecule has 1 aromatic heterocycles. The first-order valence-electron chi connectivity index (χ1n) is 11.9. The lowest BCUT2D eigenvalue weighted by Gasteiger charge is -2.34. The van der Waals surface area contributed by atoms with Crippen LogP contribution in [0.5, 0.6) is 5.75 Å². The van der Waals surface area contributed by atoms with Gasteiger partial charge in [0.25, 0.3) is 11.8 Å². The fourth-order valence-corrected chi connectivity index (χ4v) is 5.22. The van der Waals surface area contributed by atoms with E-state index in [0.29, 0.717) is 28.2 Å². The summed E-state index contributed by atoms with van der Waals surface area (Å²) in [6.45, 7) is 10.9. The number of carbonyl (C=O) groups excluding carboxylic acids is 2. The monoisotopic (exact) mass is 492 g/mol. The Balaban J connectivity index is 1.64. The summed E-state index contributed by atoms with van der Waals surface area (Å²) in [5.41, 5.74) is 3.14. The Morgan fingerprint density at radius 3 is 2.49 bits per heavy atom. The van der Waals surface area contributed by atoms with Crippen LogP contribution >= 0.6 is 11.3 Å². The summed E-state index contributed by atoms with van der Waals surface area (Å²) in [6, 6.07) is 14.8. The van der Waals surface area contributed by atoms with Crippen LogP contribution in [-0.2, 0) is 6.54 Å². The minimum atomic E-state index is -0.322. The van der Waals surface area contributed by atoms with Crippen molar-refractivity contribution in [3.63, 3.8) is 0 Å². The van der Waals surface area contributed by atoms with Gasteiger partial charge in [0.05, 0.1) is 13.7 Å². The van der Waals surface area contributed by atoms with E-state index in [1.807, 2.05) is 47.6 Å². The highest BCUT2D eigenvalue weighted by molar-refractivity contribution is 7.09. The fraction of sp³-hybridized carbons (Fsp3) is 0.370. The normalized spacial score (nSPS) is 14.9. The van der Waals surface area contributed by atoms with Crippen LogP contribution in [0, 0.1) is 13.8 Å². The molecule has 1 fully saturated rings. The number of ether oxygens (including phenoxy) is 1. The number of thiazole rings is 1. The number of rotatable bonds is 6. The third-order valence-corrected chi connectivity index (χ3v) is 7.68. The molecule has 184 valence electrons. The number of hydrogen-bond donors (Lipinski definition) is 0. The van der Waals surface area contributed by atoms with Crippen molar-refractivity contribution >= 4 is 23.2 Å². The van der Waals surface area contributed by atoms with Gasteiger partial charge < -0.3 is 19.1 Å². The summed E-state index contributed by atoms with van der Waals surface area (Å²) in [5, 5.41) is 0. The molecular formula is C27H32N4O3S. The van der Waals surface area contributed by atoms with Crippen LogP contribution < -0.4 is 9.54 Å². The van der Waals surface area contributed by atoms with Crippen molar-refractivity contribution < 1.29 is 14.3 Å². The maximum atomic E-state index is 13.4. The number of piperazine rings is 1. The van der Waals surface area contributed by atoms with Crippen LogP contribution in [0.1, 0.15) is 43.8 Å². The first kappa shape index (κ1) is 24.9. The van der Waals surface area contributed by atoms with E-state index in [1.54, 1.807) is 31.4 Å². The van der Waals surface area contributed by atoms with E-state index in [4.69, 9.17) is 4.74 Å². The second-order valence-corrected chi connectivity index (χ2v) is 9.83. The maximum absolute atomic E-state index is 13.4. The molecule has 0 saturated carbocycles. The van der Waals surface area contributed by atoms with Gasteiger partial charge in [0, 0.05) is 47.9 Å². The van der Waals surface area contributed by atoms with Gasteiger partial charge in [-0.05, 0) is 50.2 Å². The van der Waals surface area contributed by atoms with Gasteiger partial charge in [-0.3, -0.25) is 9.59 Å². The smallest absolute Gasteiger partial charge is 0.279 e. The third-order valence-electron chi connectivity index (χ3n) is 6.59. The lowest BCUT2D eigenvalue weighted by Crippen LogP contribution is -2.48. The number of likely N-dealkylation sites (N-methyl/N-ethyl adjacent to an activating group) is 1. The minimum Gasteiger partial charge on any atom is -0.497 e. The molecule has 8 heteroatoms. The van der Waals surface area contributed by atoms with Crippen LogP contribution in [0.4, 0.5) is 0 Å². The molecule has 0 atom stereocenters. The molecule has 2 amide bonds. The lowest BCUT2D eigenvalue weighted by molar-refractivity contribution is 0.0642. The van der Waals surface area contributed by atoms with Crippen molar-refractivity contribution in [1.29, 1.82) is 0 Å². The largest absolute Gasteiger partial charge is 0.497 e. The predicted octanol–water partition coefficient (Wildman–Crippen LogP) is 3.74. The van der Waals surface area contributed by atoms with Gasteiger partial charge in [-0.1, -0.05) is 31.2 Å². The van der Waals surface area contributed by atoms with E-state index >= 15 is 0 Å². The second-order valence-electron chi connectivity index (χ2n) is 8.64. The molecule has 2 heterocycles. The average molecular weight is 493 g/mol. The van der Waals surface area contributed by atoms with E-state index in [0.717, 1.165) is 48.9 Å². The summed E-state index contributed by atoms with van der Waals surface area (Å²) in [5.74, 6) is 0.356. The summed E-state index contributed by atoms with van der Waals surface area (Å²) in [6.07, 6.45) is 0. The van der Waals surface area contributed by atoms with Gasteiger partial charge in [0.15, 0.2) is 4.80 Å². The Labute approximate surface area is 210 Å². The molecule has 0 aliphatic carbocycles. The first-order chi connectivity index (χ1) is 16.9. The van der Waals surface area contributed by atoms with Gasteiger partial charge in [-0.2, -0.15) is 4.99 Å². The van der Waals surface area contributed by atoms with E-state index in [1.165, 1.54) is 11.3 Å². The number of methoxy groups -OCH3 is 1. The molecule has 1 aliphatic rings. The zero-order chi connectivity index (χ0) is 24.9. The van der Waals surface area contributed by atoms with Crippen LogP contribution in [0.2, 0.25) is 0 Å². The minimum absolute atomic E-state index is 0.0625. The van der Waals surface area contributed by atoms with Crippen molar-refractivity contribution in [3.8, 4) is 5.75 Å². The lowest BCUT2D eigenvalue weighted by atomic mass is 10.1. The highest BCUT2D eigenvalue weighted by Crippen LogP contribution is 2.18. The molecule has 2 aromatic carbocycles. The first-order valence-corrected chi connectivity index (χ1v) is 12.7. The number of aromatic nitrogens is 1. The summed E-state index contributed by atoms with van der Waals surface area (Å²) in [4.78, 5) is 36.8. The van der Waals surface area contributed by atoms with E-state index in [2.05, 4.69) is 16.8 Å². The third kappa shape index (κ3) is 5.55. The molecule has 3 aromatic rings. The summed E-state index contributed by atoms with van der Waals surface area (Å²) in [7, 11) is 1.57. The number of amides is 2. The number of hydrogen-bond acceptors (Lipinski definition) is 5. The van der Waals surface area contributed by atoms with Crippen molar-refractivity contribution in [1.82, 2.24) is 14.4 Å². The van der Waals surface area contributed by atoms with Crippen molar-refractivity contribution in [3.05, 3.63) is 80.6 Å². The molecule has 0 spiro atoms. The van der Waals surface area contributed by atoms with Crippen molar-refractivity contribution in [2.24, 2.45) is 4.99 Å². The Morgan fingerprint density at radius 1 is 1.03 bits per heavy atom. The number of benzene rings is 2. The van der Waals surface area contributed by atoms with Gasteiger partial charge in [-0.25, -0.2) is 0 Å². The topological polar surface area (TPSA) is 67.1 Å². The van der Waals surface area contributed by atoms with Gasteiger partial charge in [0.1, 0.15) is 5.75 Å². The maximum Gasteiger partial charge on any atom is 0.279 e. The fourth-order valence-electron chi connectivity index (χ4n) is 4.25. The van der Waals surface area contributed by atoms with Crippen LogP contribution in [0.25, 0.3) is 0 Å². The Morgan fingerprint density at radius 2 is 1.77 bits per heavy atom. The highest BCUT2D eigenvalue weighted by atomic mass is 32.1. The van der Waals surface area contributed by atoms with Crippen LogP contribution in [-0.4, -0.2) is 66.0 Å². The molecule has 0 bridgehead atoms. The zero-order valence-electron chi connectivity index (χ0n) is 20.8. The van der Waals surface area contributed by atoms with Gasteiger partial charge in [0.2, 0.25) is 0 Å². The molecular weight excluding hydrogens is 460 g/mol. The Hall–Kier alpha value is -3.23. The molecule has 1 saturated heterocycles. The average Bonchev–Trinajstić information content (AvgIpc) is 3.15. The molecule has 7 nitrogen and oxygen atoms in total. The van der Waals surface area contributed by atoms with Crippen molar-refractivity contribution in [2.75, 3.05) is 39.8 Å². The highest BCUT2D eigenvalue weighted by Gasteiger charge is 2.23. The summed E-state index contributed by atoms with van der Waals surface area (Å²) >= 11 is 1.48. The predicted molar refractivity (Wildman–Crippen MR) is 138 cm³/mol.